The van der Waals surface area contributed by atoms with Crippen LogP contribution in [-0.2, 0) is 26.2 Å². The van der Waals surface area contributed by atoms with Gasteiger partial charge < -0.3 is 24.8 Å². The SMILES string of the molecule is CC[SiH]CC.[Cl-].[Cl-].[Zr+4].c1ccc(-c2cc3ccccc3[cH-]2)cc1.c1ccc(-c2cc3ccccc3[cH-]2)cc1. The summed E-state index contributed by atoms with van der Waals surface area (Å²) in [5.74, 6) is 0. The van der Waals surface area contributed by atoms with Crippen molar-refractivity contribution in [3.63, 3.8) is 0 Å². The number of hydrogen-bond donors (Lipinski definition) is 0. The number of rotatable bonds is 4. The molecule has 0 nitrogen and oxygen atoms in total. The molecule has 0 aliphatic rings. The van der Waals surface area contributed by atoms with Crippen LogP contribution in [0.5, 0.6) is 0 Å². The maximum Gasteiger partial charge on any atom is 4.00 e. The second-order valence-corrected chi connectivity index (χ2v) is 10.8. The average Bonchev–Trinajstić information content (AvgIpc) is 3.56. The summed E-state index contributed by atoms with van der Waals surface area (Å²) < 4.78 is 0. The molecule has 0 saturated carbocycles. The predicted molar refractivity (Wildman–Crippen MR) is 158 cm³/mol. The van der Waals surface area contributed by atoms with Crippen LogP contribution in [0.4, 0.5) is 0 Å². The summed E-state index contributed by atoms with van der Waals surface area (Å²) in [4.78, 5) is 0. The maximum absolute atomic E-state index is 2.25. The minimum atomic E-state index is 0. The van der Waals surface area contributed by atoms with Gasteiger partial charge in [0.15, 0.2) is 0 Å². The molecule has 0 atom stereocenters. The fourth-order valence-corrected chi connectivity index (χ4v) is 4.76. The molecule has 0 fully saturated rings. The molecule has 6 rings (SSSR count). The largest absolute Gasteiger partial charge is 4.00 e. The van der Waals surface area contributed by atoms with E-state index in [9.17, 15) is 0 Å². The minimum absolute atomic E-state index is 0. The van der Waals surface area contributed by atoms with Gasteiger partial charge in [0.05, 0.1) is 0 Å². The second-order valence-electron chi connectivity index (χ2n) is 8.58. The molecule has 0 saturated heterocycles. The average molecular weight is 632 g/mol. The molecule has 4 heteroatoms. The molecular weight excluding hydrogens is 599 g/mol. The molecule has 0 N–H and O–H groups in total. The van der Waals surface area contributed by atoms with Gasteiger partial charge in [-0.3, -0.25) is 0 Å². The van der Waals surface area contributed by atoms with Crippen molar-refractivity contribution in [2.24, 2.45) is 0 Å². The third kappa shape index (κ3) is 9.51. The fourth-order valence-electron chi connectivity index (χ4n) is 4.18. The molecule has 6 aromatic rings. The van der Waals surface area contributed by atoms with Crippen molar-refractivity contribution in [1.82, 2.24) is 0 Å². The summed E-state index contributed by atoms with van der Waals surface area (Å²) in [6, 6.07) is 49.7. The summed E-state index contributed by atoms with van der Waals surface area (Å²) in [6.45, 7) is 4.50. The van der Waals surface area contributed by atoms with E-state index in [0.29, 0.717) is 0 Å². The van der Waals surface area contributed by atoms with Gasteiger partial charge in [-0.25, -0.2) is 0 Å². The molecule has 0 unspecified atom stereocenters. The van der Waals surface area contributed by atoms with Crippen LogP contribution in [0.1, 0.15) is 13.8 Å². The number of fused-ring (bicyclic) bond motifs is 2. The van der Waals surface area contributed by atoms with Gasteiger partial charge in [0, 0.05) is 9.52 Å². The van der Waals surface area contributed by atoms with E-state index in [1.54, 1.807) is 0 Å². The third-order valence-electron chi connectivity index (χ3n) is 6.03. The summed E-state index contributed by atoms with van der Waals surface area (Å²) >= 11 is 0. The summed E-state index contributed by atoms with van der Waals surface area (Å²) in [7, 11) is 0.815. The van der Waals surface area contributed by atoms with Crippen LogP contribution in [0.3, 0.4) is 0 Å². The molecule has 191 valence electrons. The Morgan fingerprint density at radius 3 is 1.16 bits per heavy atom. The van der Waals surface area contributed by atoms with Crippen molar-refractivity contribution >= 4 is 31.1 Å². The molecule has 0 amide bonds. The van der Waals surface area contributed by atoms with Crippen LogP contribution in [0.15, 0.2) is 133 Å². The zero-order valence-electron chi connectivity index (χ0n) is 21.9. The first kappa shape index (κ1) is 33.8. The van der Waals surface area contributed by atoms with Crippen LogP contribution in [-0.4, -0.2) is 9.52 Å². The molecule has 0 bridgehead atoms. The van der Waals surface area contributed by atoms with E-state index >= 15 is 0 Å². The normalized spacial score (nSPS) is 9.53. The molecule has 0 heterocycles. The van der Waals surface area contributed by atoms with Crippen molar-refractivity contribution in [1.29, 1.82) is 0 Å². The van der Waals surface area contributed by atoms with Crippen LogP contribution < -0.4 is 24.8 Å². The molecule has 0 spiro atoms. The molecule has 0 aliphatic heterocycles. The van der Waals surface area contributed by atoms with Gasteiger partial charge in [0.25, 0.3) is 0 Å². The molecule has 0 aromatic heterocycles. The van der Waals surface area contributed by atoms with Gasteiger partial charge in [-0.2, -0.15) is 0 Å². The summed E-state index contributed by atoms with van der Waals surface area (Å²) in [6.07, 6.45) is 0. The van der Waals surface area contributed by atoms with E-state index in [4.69, 9.17) is 0 Å². The Labute approximate surface area is 262 Å². The molecule has 1 radical (unpaired) electrons. The van der Waals surface area contributed by atoms with Crippen LogP contribution in [0, 0.1) is 0 Å². The Hall–Kier alpha value is -2.22. The Balaban J connectivity index is 0.000000304. The molecular formula is C34H33Cl2SiZr. The van der Waals surface area contributed by atoms with E-state index < -0.39 is 0 Å². The third-order valence-corrected chi connectivity index (χ3v) is 7.18. The molecule has 6 aromatic carbocycles. The van der Waals surface area contributed by atoms with Crippen molar-refractivity contribution in [3.05, 3.63) is 133 Å². The quantitative estimate of drug-likeness (QED) is 0.206. The second kappa shape index (κ2) is 18.1. The predicted octanol–water partition coefficient (Wildman–Crippen LogP) is 3.76. The number of hydrogen-bond acceptors (Lipinski definition) is 0. The smallest absolute Gasteiger partial charge is 1.00 e. The van der Waals surface area contributed by atoms with Gasteiger partial charge >= 0.3 is 26.2 Å². The zero-order valence-corrected chi connectivity index (χ0v) is 27.1. The van der Waals surface area contributed by atoms with Gasteiger partial charge in [-0.15, -0.1) is 69.1 Å². The summed E-state index contributed by atoms with van der Waals surface area (Å²) in [5, 5.41) is 5.26. The van der Waals surface area contributed by atoms with Crippen molar-refractivity contribution in [2.75, 3.05) is 0 Å². The van der Waals surface area contributed by atoms with Gasteiger partial charge in [-0.05, 0) is 0 Å². The Morgan fingerprint density at radius 1 is 0.500 bits per heavy atom. The Morgan fingerprint density at radius 2 is 0.842 bits per heavy atom. The standard InChI is InChI=1S/2C15H11.C4H11Si.2ClH.Zr/c2*1-2-6-12(7-3-1)15-10-13-8-4-5-9-14(13)11-15;1-3-5-4-2;;;/h2*1-11H;5H,3-4H2,1-2H3;2*1H;/q2*-1;;;;+4/p-2. The zero-order chi connectivity index (χ0) is 24.3. The Kier molecular flexibility index (Phi) is 16.1. The first-order chi connectivity index (χ1) is 17.3. The van der Waals surface area contributed by atoms with E-state index in [1.165, 1.54) is 55.9 Å². The number of benzene rings is 4. The van der Waals surface area contributed by atoms with Crippen molar-refractivity contribution < 1.29 is 51.0 Å². The first-order valence-electron chi connectivity index (χ1n) is 12.5. The van der Waals surface area contributed by atoms with E-state index in [1.807, 2.05) is 12.1 Å². The van der Waals surface area contributed by atoms with Crippen LogP contribution >= 0.6 is 0 Å². The van der Waals surface area contributed by atoms with Gasteiger partial charge in [0.2, 0.25) is 0 Å². The van der Waals surface area contributed by atoms with Gasteiger partial charge in [0.1, 0.15) is 0 Å². The fraction of sp³-hybridized carbons (Fsp3) is 0.118. The van der Waals surface area contributed by atoms with Crippen LogP contribution in [0.25, 0.3) is 43.8 Å². The van der Waals surface area contributed by atoms with Gasteiger partial charge in [-0.1, -0.05) is 134 Å². The minimum Gasteiger partial charge on any atom is -1.00 e. The van der Waals surface area contributed by atoms with Crippen molar-refractivity contribution in [3.8, 4) is 22.3 Å². The maximum atomic E-state index is 2.25. The van der Waals surface area contributed by atoms with E-state index in [-0.39, 0.29) is 51.0 Å². The monoisotopic (exact) mass is 629 g/mol. The molecule has 38 heavy (non-hydrogen) atoms. The van der Waals surface area contributed by atoms with Crippen molar-refractivity contribution in [2.45, 2.75) is 25.9 Å². The summed E-state index contributed by atoms with van der Waals surface area (Å²) in [5.41, 5.74) is 5.18. The van der Waals surface area contributed by atoms with Crippen LogP contribution in [0.2, 0.25) is 12.1 Å². The van der Waals surface area contributed by atoms with E-state index in [0.717, 1.165) is 9.52 Å². The van der Waals surface area contributed by atoms with E-state index in [2.05, 4.69) is 135 Å². The number of halogens is 2. The first-order valence-corrected chi connectivity index (χ1v) is 14.1. The Bertz CT molecular complexity index is 1260. The molecule has 0 aliphatic carbocycles. The topological polar surface area (TPSA) is 0 Å².